The molecule has 26 heavy (non-hydrogen) atoms. The molecule has 1 aliphatic carbocycles. The molecule has 1 heterocycles. The van der Waals surface area contributed by atoms with Gasteiger partial charge < -0.3 is 0 Å². The van der Waals surface area contributed by atoms with Gasteiger partial charge in [0, 0.05) is 5.56 Å². The Kier molecular flexibility index (Phi) is 5.23. The summed E-state index contributed by atoms with van der Waals surface area (Å²) in [4.78, 5) is 25.9. The molecule has 2 amide bonds. The lowest BCUT2D eigenvalue weighted by Gasteiger charge is -2.28. The zero-order valence-corrected chi connectivity index (χ0v) is 15.9. The number of benzene rings is 1. The van der Waals surface area contributed by atoms with Crippen LogP contribution in [0.25, 0.3) is 0 Å². The van der Waals surface area contributed by atoms with Crippen molar-refractivity contribution in [3.63, 3.8) is 0 Å². The second kappa shape index (κ2) is 7.41. The van der Waals surface area contributed by atoms with Crippen LogP contribution in [-0.2, 0) is 4.79 Å². The Morgan fingerprint density at radius 3 is 2.69 bits per heavy atom. The van der Waals surface area contributed by atoms with E-state index in [1.165, 1.54) is 11.8 Å². The van der Waals surface area contributed by atoms with Gasteiger partial charge in [-0.05, 0) is 42.0 Å². The third-order valence-electron chi connectivity index (χ3n) is 4.47. The Morgan fingerprint density at radius 1 is 1.27 bits per heavy atom. The Hall–Kier alpha value is -2.47. The highest BCUT2D eigenvalue weighted by Gasteiger charge is 2.34. The molecule has 1 aliphatic heterocycles. The molecule has 134 valence electrons. The summed E-state index contributed by atoms with van der Waals surface area (Å²) >= 11 is 1.23. The number of carbonyl (C=O) groups excluding carboxylic acids is 2. The number of hydrogen-bond acceptors (Lipinski definition) is 5. The van der Waals surface area contributed by atoms with E-state index in [9.17, 15) is 9.59 Å². The van der Waals surface area contributed by atoms with Crippen LogP contribution in [0, 0.1) is 5.41 Å². The number of thioether (sulfide) groups is 1. The smallest absolute Gasteiger partial charge is 0.266 e. The van der Waals surface area contributed by atoms with E-state index in [0.29, 0.717) is 10.7 Å². The number of carbonyl (C=O) groups is 2. The van der Waals surface area contributed by atoms with Gasteiger partial charge in [-0.2, -0.15) is 5.10 Å². The van der Waals surface area contributed by atoms with Crippen molar-refractivity contribution in [3.8, 4) is 0 Å². The van der Waals surface area contributed by atoms with Crippen molar-refractivity contribution in [2.24, 2.45) is 15.6 Å². The van der Waals surface area contributed by atoms with Crippen molar-refractivity contribution in [2.75, 3.05) is 5.75 Å². The van der Waals surface area contributed by atoms with Crippen LogP contribution in [0.4, 0.5) is 0 Å². The van der Waals surface area contributed by atoms with Crippen LogP contribution in [0.5, 0.6) is 0 Å². The predicted octanol–water partition coefficient (Wildman–Crippen LogP) is 4.05. The van der Waals surface area contributed by atoms with E-state index in [1.807, 2.05) is 13.0 Å². The minimum absolute atomic E-state index is 0.0132. The maximum Gasteiger partial charge on any atom is 0.266 e. The van der Waals surface area contributed by atoms with Crippen molar-refractivity contribution in [3.05, 3.63) is 59.2 Å². The van der Waals surface area contributed by atoms with Gasteiger partial charge in [0.25, 0.3) is 5.91 Å². The maximum absolute atomic E-state index is 12.6. The van der Waals surface area contributed by atoms with Crippen molar-refractivity contribution >= 4 is 35.0 Å². The van der Waals surface area contributed by atoms with Crippen LogP contribution in [0.2, 0.25) is 0 Å². The Bertz CT molecular complexity index is 851. The summed E-state index contributed by atoms with van der Waals surface area (Å²) in [6.07, 6.45) is 6.91. The summed E-state index contributed by atoms with van der Waals surface area (Å²) in [5.74, 6) is -0.442. The third-order valence-corrected chi connectivity index (χ3v) is 5.38. The molecule has 5 nitrogen and oxygen atoms in total. The normalized spacial score (nSPS) is 21.3. The molecule has 0 radical (unpaired) electrons. The third kappa shape index (κ3) is 3.70. The Balaban J connectivity index is 1.85. The first kappa shape index (κ1) is 18.3. The van der Waals surface area contributed by atoms with Crippen LogP contribution in [-0.4, -0.2) is 33.8 Å². The fourth-order valence-electron chi connectivity index (χ4n) is 3.02. The molecular formula is C20H21N3O2S. The molecule has 0 bridgehead atoms. The van der Waals surface area contributed by atoms with Gasteiger partial charge >= 0.3 is 0 Å². The molecule has 1 aromatic rings. The topological polar surface area (TPSA) is 62.1 Å². The number of nitrogens with zero attached hydrogens (tertiary/aromatic N) is 3. The molecular weight excluding hydrogens is 346 g/mol. The van der Waals surface area contributed by atoms with Gasteiger partial charge in [0.15, 0.2) is 5.17 Å². The lowest BCUT2D eigenvalue weighted by atomic mass is 9.76. The van der Waals surface area contributed by atoms with Crippen LogP contribution < -0.4 is 0 Å². The van der Waals surface area contributed by atoms with Gasteiger partial charge in [-0.1, -0.05) is 56.0 Å². The highest BCUT2D eigenvalue weighted by atomic mass is 32.2. The molecule has 2 aliphatic rings. The zero-order chi connectivity index (χ0) is 18.7. The minimum Gasteiger partial charge on any atom is -0.273 e. The molecule has 0 N–H and O–H groups in total. The molecule has 0 unspecified atom stereocenters. The molecule has 6 heteroatoms. The highest BCUT2D eigenvalue weighted by molar-refractivity contribution is 8.15. The molecule has 0 atom stereocenters. The van der Waals surface area contributed by atoms with Gasteiger partial charge in [-0.15, -0.1) is 5.10 Å². The van der Waals surface area contributed by atoms with E-state index in [2.05, 4.69) is 36.2 Å². The fraction of sp³-hybridized carbons (Fsp3) is 0.300. The zero-order valence-electron chi connectivity index (χ0n) is 15.1. The molecule has 0 aromatic heterocycles. The van der Waals surface area contributed by atoms with E-state index >= 15 is 0 Å². The van der Waals surface area contributed by atoms with E-state index in [-0.39, 0.29) is 23.0 Å². The van der Waals surface area contributed by atoms with E-state index in [1.54, 1.807) is 30.5 Å². The average Bonchev–Trinajstić information content (AvgIpc) is 2.98. The maximum atomic E-state index is 12.6. The molecule has 1 aromatic carbocycles. The largest absolute Gasteiger partial charge is 0.273 e. The summed E-state index contributed by atoms with van der Waals surface area (Å²) in [7, 11) is 0. The Labute approximate surface area is 157 Å². The lowest BCUT2D eigenvalue weighted by molar-refractivity contribution is -0.122. The van der Waals surface area contributed by atoms with Gasteiger partial charge in [0.2, 0.25) is 5.91 Å². The van der Waals surface area contributed by atoms with Gasteiger partial charge in [-0.3, -0.25) is 9.59 Å². The summed E-state index contributed by atoms with van der Waals surface area (Å²) in [6, 6.07) is 8.73. The summed E-state index contributed by atoms with van der Waals surface area (Å²) in [5.41, 5.74) is 2.70. The van der Waals surface area contributed by atoms with Crippen LogP contribution >= 0.6 is 11.8 Å². The number of hydrogen-bond donors (Lipinski definition) is 0. The van der Waals surface area contributed by atoms with Crippen molar-refractivity contribution in [1.29, 1.82) is 0 Å². The van der Waals surface area contributed by atoms with Crippen LogP contribution in [0.15, 0.2) is 63.8 Å². The van der Waals surface area contributed by atoms with Gasteiger partial charge in [0.1, 0.15) is 0 Å². The number of allylic oxidation sites excluding steroid dienone is 4. The van der Waals surface area contributed by atoms with Crippen molar-refractivity contribution < 1.29 is 9.59 Å². The standard InChI is InChI=1S/C20H21N3O2S/c1-14-8-7-11-20(2,3)16(14)12-21-22-19-23(17(24)13-26-19)18(25)15-9-5-4-6-10-15/h4-10,12H,11,13H2,1-3H3/b21-12-,22-19+. The van der Waals surface area contributed by atoms with Gasteiger partial charge in [-0.25, -0.2) is 4.90 Å². The second-order valence-electron chi connectivity index (χ2n) is 6.90. The average molecular weight is 367 g/mol. The molecule has 3 rings (SSSR count). The first-order valence-corrected chi connectivity index (χ1v) is 9.43. The van der Waals surface area contributed by atoms with Crippen LogP contribution in [0.3, 0.4) is 0 Å². The first-order chi connectivity index (χ1) is 12.4. The van der Waals surface area contributed by atoms with Crippen molar-refractivity contribution in [2.45, 2.75) is 27.2 Å². The molecule has 0 spiro atoms. The Morgan fingerprint density at radius 2 is 2.00 bits per heavy atom. The highest BCUT2D eigenvalue weighted by Crippen LogP contribution is 2.35. The minimum atomic E-state index is -0.370. The summed E-state index contributed by atoms with van der Waals surface area (Å²) < 4.78 is 0. The number of amides is 2. The summed E-state index contributed by atoms with van der Waals surface area (Å²) in [6.45, 7) is 6.37. The molecule has 0 saturated carbocycles. The number of amidine groups is 1. The number of imide groups is 1. The predicted molar refractivity (Wildman–Crippen MR) is 106 cm³/mol. The molecule has 1 saturated heterocycles. The molecule has 1 fully saturated rings. The SMILES string of the molecule is CC1=C(/C=N\N=C2\SCC(=O)N2C(=O)c2ccccc2)C(C)(C)CC=C1. The fourth-order valence-corrected chi connectivity index (χ4v) is 3.82. The lowest BCUT2D eigenvalue weighted by Crippen LogP contribution is -2.35. The van der Waals surface area contributed by atoms with E-state index in [4.69, 9.17) is 0 Å². The van der Waals surface area contributed by atoms with Crippen LogP contribution in [0.1, 0.15) is 37.6 Å². The van der Waals surface area contributed by atoms with E-state index < -0.39 is 0 Å². The van der Waals surface area contributed by atoms with Gasteiger partial charge in [0.05, 0.1) is 12.0 Å². The second-order valence-corrected chi connectivity index (χ2v) is 7.85. The van der Waals surface area contributed by atoms with E-state index in [0.717, 1.165) is 22.5 Å². The quantitative estimate of drug-likeness (QED) is 0.460. The first-order valence-electron chi connectivity index (χ1n) is 8.44. The summed E-state index contributed by atoms with van der Waals surface area (Å²) in [5, 5.41) is 8.68. The van der Waals surface area contributed by atoms with Crippen molar-refractivity contribution in [1.82, 2.24) is 4.90 Å². The number of rotatable bonds is 3. The monoisotopic (exact) mass is 367 g/mol.